The minimum absolute atomic E-state index is 0.0641. The number of carbonyl (C=O) groups excluding carboxylic acids is 2. The minimum atomic E-state index is -1.21. The number of fused-ring (bicyclic) bond motifs is 2. The van der Waals surface area contributed by atoms with Gasteiger partial charge in [-0.05, 0) is 34.9 Å². The van der Waals surface area contributed by atoms with Crippen molar-refractivity contribution in [2.75, 3.05) is 6.79 Å². The zero-order valence-electron chi connectivity index (χ0n) is 11.9. The third-order valence-electron chi connectivity index (χ3n) is 3.95. The normalized spacial score (nSPS) is 19.4. The molecule has 116 valence electrons. The molecule has 2 heterocycles. The molecule has 2 aliphatic heterocycles. The largest absolute Gasteiger partial charge is 0.435 e. The molecule has 0 radical (unpaired) electrons. The lowest BCUT2D eigenvalue weighted by Gasteiger charge is -2.08. The van der Waals surface area contributed by atoms with Gasteiger partial charge in [0.2, 0.25) is 6.29 Å². The van der Waals surface area contributed by atoms with E-state index < -0.39 is 18.2 Å². The summed E-state index contributed by atoms with van der Waals surface area (Å²) in [6.45, 7) is 0.214. The molecule has 1 N–H and O–H groups in total. The van der Waals surface area contributed by atoms with Crippen LogP contribution in [0.3, 0.4) is 0 Å². The highest BCUT2D eigenvalue weighted by Gasteiger charge is 2.29. The maximum atomic E-state index is 11.8. The van der Waals surface area contributed by atoms with Gasteiger partial charge < -0.3 is 19.3 Å². The van der Waals surface area contributed by atoms with Crippen molar-refractivity contribution in [2.24, 2.45) is 0 Å². The van der Waals surface area contributed by atoms with Crippen LogP contribution in [-0.4, -0.2) is 23.8 Å². The Morgan fingerprint density at radius 1 is 0.957 bits per heavy atom. The monoisotopic (exact) mass is 312 g/mol. The molecule has 0 aromatic heterocycles. The number of ether oxygens (including phenoxy) is 3. The number of hydrogen-bond acceptors (Lipinski definition) is 6. The number of aliphatic hydroxyl groups excluding tert-OH is 1. The predicted molar refractivity (Wildman–Crippen MR) is 77.3 cm³/mol. The van der Waals surface area contributed by atoms with Gasteiger partial charge in [0.15, 0.2) is 6.79 Å². The molecule has 0 amide bonds. The van der Waals surface area contributed by atoms with E-state index in [4.69, 9.17) is 14.2 Å². The summed E-state index contributed by atoms with van der Waals surface area (Å²) in [7, 11) is 0. The van der Waals surface area contributed by atoms with Gasteiger partial charge in [-0.3, -0.25) is 0 Å². The van der Waals surface area contributed by atoms with Gasteiger partial charge in [0.05, 0.1) is 17.7 Å². The first-order valence-electron chi connectivity index (χ1n) is 7.04. The second kappa shape index (κ2) is 5.19. The van der Waals surface area contributed by atoms with Crippen molar-refractivity contribution in [3.8, 4) is 11.1 Å². The van der Waals surface area contributed by atoms with Gasteiger partial charge >= 0.3 is 11.9 Å². The van der Waals surface area contributed by atoms with Crippen LogP contribution in [0, 0.1) is 0 Å². The van der Waals surface area contributed by atoms with E-state index in [-0.39, 0.29) is 13.4 Å². The Labute approximate surface area is 131 Å². The highest BCUT2D eigenvalue weighted by Crippen LogP contribution is 2.33. The van der Waals surface area contributed by atoms with Crippen LogP contribution >= 0.6 is 0 Å². The second-order valence-corrected chi connectivity index (χ2v) is 5.33. The van der Waals surface area contributed by atoms with Crippen molar-refractivity contribution < 1.29 is 28.9 Å². The molecule has 0 aliphatic carbocycles. The van der Waals surface area contributed by atoms with Gasteiger partial charge in [-0.25, -0.2) is 9.59 Å². The molecule has 0 saturated heterocycles. The third-order valence-corrected chi connectivity index (χ3v) is 3.95. The molecule has 1 unspecified atom stereocenters. The lowest BCUT2D eigenvalue weighted by atomic mass is 9.96. The molecular formula is C17H12O6. The quantitative estimate of drug-likeness (QED) is 0.813. The fourth-order valence-electron chi connectivity index (χ4n) is 2.77. The molecule has 2 aromatic rings. The van der Waals surface area contributed by atoms with Gasteiger partial charge in [-0.1, -0.05) is 18.2 Å². The summed E-state index contributed by atoms with van der Waals surface area (Å²) in [6, 6.07) is 10.4. The van der Waals surface area contributed by atoms with E-state index in [1.807, 2.05) is 6.07 Å². The maximum absolute atomic E-state index is 11.8. The Morgan fingerprint density at radius 2 is 1.74 bits per heavy atom. The average molecular weight is 312 g/mol. The van der Waals surface area contributed by atoms with Crippen LogP contribution < -0.4 is 0 Å². The number of benzene rings is 2. The van der Waals surface area contributed by atoms with Crippen molar-refractivity contribution in [1.82, 2.24) is 0 Å². The first-order valence-corrected chi connectivity index (χ1v) is 7.04. The summed E-state index contributed by atoms with van der Waals surface area (Å²) >= 11 is 0. The molecule has 0 saturated carbocycles. The van der Waals surface area contributed by atoms with Crippen LogP contribution in [0.2, 0.25) is 0 Å². The topological polar surface area (TPSA) is 82.1 Å². The molecule has 0 bridgehead atoms. The lowest BCUT2D eigenvalue weighted by Crippen LogP contribution is -2.04. The molecule has 1 atom stereocenters. The Hall–Kier alpha value is -2.70. The summed E-state index contributed by atoms with van der Waals surface area (Å²) in [5.74, 6) is -0.958. The maximum Gasteiger partial charge on any atom is 0.341 e. The number of rotatable bonds is 1. The van der Waals surface area contributed by atoms with Crippen molar-refractivity contribution >= 4 is 11.9 Å². The van der Waals surface area contributed by atoms with Gasteiger partial charge in [0.1, 0.15) is 0 Å². The smallest absolute Gasteiger partial charge is 0.341 e. The van der Waals surface area contributed by atoms with E-state index in [2.05, 4.69) is 0 Å². The standard InChI is InChI=1S/C17H12O6/c18-15-12-3-1-9(5-11(12)7-21-8-22-15)10-2-4-13-14(6-10)17(20)23-16(13)19/h1-6,16,19H,7-8H2. The number of esters is 2. The van der Waals surface area contributed by atoms with Gasteiger partial charge in [0, 0.05) is 5.56 Å². The van der Waals surface area contributed by atoms with Crippen LogP contribution in [0.5, 0.6) is 0 Å². The van der Waals surface area contributed by atoms with Crippen LogP contribution in [0.4, 0.5) is 0 Å². The Kier molecular flexibility index (Phi) is 3.14. The minimum Gasteiger partial charge on any atom is -0.435 e. The number of aliphatic hydroxyl groups is 1. The highest BCUT2D eigenvalue weighted by atomic mass is 16.7. The van der Waals surface area contributed by atoms with Crippen molar-refractivity contribution in [3.05, 3.63) is 58.7 Å². The molecule has 0 fully saturated rings. The molecule has 23 heavy (non-hydrogen) atoms. The van der Waals surface area contributed by atoms with Crippen LogP contribution in [0.1, 0.15) is 38.1 Å². The first-order chi connectivity index (χ1) is 11.1. The van der Waals surface area contributed by atoms with E-state index in [0.717, 1.165) is 16.7 Å². The SMILES string of the molecule is O=C1OCOCc2cc(-c3ccc4c(c3)C(=O)OC4O)ccc21. The summed E-state index contributed by atoms with van der Waals surface area (Å²) in [5, 5.41) is 9.62. The van der Waals surface area contributed by atoms with Gasteiger partial charge in [-0.2, -0.15) is 0 Å². The number of carbonyl (C=O) groups is 2. The third kappa shape index (κ3) is 2.28. The van der Waals surface area contributed by atoms with E-state index >= 15 is 0 Å². The Morgan fingerprint density at radius 3 is 2.61 bits per heavy atom. The summed E-state index contributed by atoms with van der Waals surface area (Å²) in [6.07, 6.45) is -1.21. The predicted octanol–water partition coefficient (Wildman–Crippen LogP) is 2.16. The summed E-state index contributed by atoms with van der Waals surface area (Å²) < 4.78 is 14.9. The molecule has 0 spiro atoms. The van der Waals surface area contributed by atoms with Crippen LogP contribution in [-0.2, 0) is 20.8 Å². The second-order valence-electron chi connectivity index (χ2n) is 5.33. The number of hydrogen-bond donors (Lipinski definition) is 1. The number of cyclic esters (lactones) is 2. The fraction of sp³-hybridized carbons (Fsp3) is 0.176. The Bertz CT molecular complexity index is 826. The summed E-state index contributed by atoms with van der Waals surface area (Å²) in [5.41, 5.74) is 3.63. The lowest BCUT2D eigenvalue weighted by molar-refractivity contribution is -0.0548. The molecule has 2 aliphatic rings. The van der Waals surface area contributed by atoms with Gasteiger partial charge in [0.25, 0.3) is 0 Å². The zero-order chi connectivity index (χ0) is 16.0. The van der Waals surface area contributed by atoms with Gasteiger partial charge in [-0.15, -0.1) is 0 Å². The zero-order valence-corrected chi connectivity index (χ0v) is 11.9. The summed E-state index contributed by atoms with van der Waals surface area (Å²) in [4.78, 5) is 23.5. The highest BCUT2D eigenvalue weighted by molar-refractivity contribution is 5.96. The van der Waals surface area contributed by atoms with Crippen LogP contribution in [0.15, 0.2) is 36.4 Å². The molecule has 4 rings (SSSR count). The van der Waals surface area contributed by atoms with Crippen LogP contribution in [0.25, 0.3) is 11.1 Å². The van der Waals surface area contributed by atoms with Crippen molar-refractivity contribution in [2.45, 2.75) is 12.9 Å². The molecular weight excluding hydrogens is 300 g/mol. The molecule has 6 nitrogen and oxygen atoms in total. The van der Waals surface area contributed by atoms with E-state index in [9.17, 15) is 14.7 Å². The van der Waals surface area contributed by atoms with Crippen molar-refractivity contribution in [1.29, 1.82) is 0 Å². The Balaban J connectivity index is 1.77. The molecule has 6 heteroatoms. The van der Waals surface area contributed by atoms with E-state index in [0.29, 0.717) is 16.7 Å². The van der Waals surface area contributed by atoms with E-state index in [1.165, 1.54) is 0 Å². The average Bonchev–Trinajstić information content (AvgIpc) is 2.73. The fourth-order valence-corrected chi connectivity index (χ4v) is 2.77. The molecule has 2 aromatic carbocycles. The van der Waals surface area contributed by atoms with E-state index in [1.54, 1.807) is 30.3 Å². The van der Waals surface area contributed by atoms with Crippen molar-refractivity contribution in [3.63, 3.8) is 0 Å². The first kappa shape index (κ1) is 13.9.